The molecule has 0 aromatic heterocycles. The molecule has 1 aromatic carbocycles. The number of nitro groups is 1. The first-order valence-electron chi connectivity index (χ1n) is 6.17. The number of aliphatic hydroxyl groups excluding tert-OH is 1. The van der Waals surface area contributed by atoms with Crippen LogP contribution in [-0.2, 0) is 0 Å². The Bertz CT molecular complexity index is 450. The van der Waals surface area contributed by atoms with Crippen molar-refractivity contribution >= 4 is 11.4 Å². The monoisotopic (exact) mass is 268 g/mol. The zero-order valence-corrected chi connectivity index (χ0v) is 11.5. The molecule has 1 aromatic rings. The third-order valence-corrected chi connectivity index (χ3v) is 3.28. The lowest BCUT2D eigenvalue weighted by atomic mass is 9.94. The molecule has 0 fully saturated rings. The van der Waals surface area contributed by atoms with E-state index in [1.54, 1.807) is 12.1 Å². The summed E-state index contributed by atoms with van der Waals surface area (Å²) in [6.45, 7) is 3.93. The van der Waals surface area contributed by atoms with Crippen LogP contribution in [0.1, 0.15) is 26.7 Å². The molecule has 0 heterocycles. The van der Waals surface area contributed by atoms with Gasteiger partial charge in [-0.2, -0.15) is 0 Å². The first kappa shape index (κ1) is 15.2. The molecule has 0 radical (unpaired) electrons. The second-order valence-corrected chi connectivity index (χ2v) is 4.65. The minimum Gasteiger partial charge on any atom is -0.496 e. The molecular weight excluding hydrogens is 248 g/mol. The van der Waals surface area contributed by atoms with Crippen molar-refractivity contribution in [3.8, 4) is 5.75 Å². The summed E-state index contributed by atoms with van der Waals surface area (Å²) in [6, 6.07) is 4.68. The lowest BCUT2D eigenvalue weighted by Gasteiger charge is -2.30. The zero-order valence-electron chi connectivity index (χ0n) is 11.5. The van der Waals surface area contributed by atoms with Crippen LogP contribution in [0.15, 0.2) is 18.2 Å². The first-order chi connectivity index (χ1) is 8.95. The number of hydrogen-bond acceptors (Lipinski definition) is 5. The van der Waals surface area contributed by atoms with Crippen molar-refractivity contribution in [2.24, 2.45) is 0 Å². The lowest BCUT2D eigenvalue weighted by Crippen LogP contribution is -2.35. The fraction of sp³-hybridized carbons (Fsp3) is 0.538. The fourth-order valence-corrected chi connectivity index (χ4v) is 1.79. The van der Waals surface area contributed by atoms with Gasteiger partial charge in [-0.05, 0) is 31.9 Å². The Morgan fingerprint density at radius 3 is 2.68 bits per heavy atom. The van der Waals surface area contributed by atoms with E-state index in [1.165, 1.54) is 13.2 Å². The Morgan fingerprint density at radius 2 is 2.21 bits per heavy atom. The van der Waals surface area contributed by atoms with Crippen LogP contribution in [0.4, 0.5) is 11.4 Å². The molecule has 106 valence electrons. The van der Waals surface area contributed by atoms with Crippen molar-refractivity contribution in [1.29, 1.82) is 0 Å². The molecule has 0 spiro atoms. The van der Waals surface area contributed by atoms with Gasteiger partial charge in [0, 0.05) is 12.1 Å². The summed E-state index contributed by atoms with van der Waals surface area (Å²) < 4.78 is 4.99. The van der Waals surface area contributed by atoms with Crippen LogP contribution in [0, 0.1) is 10.1 Å². The minimum absolute atomic E-state index is 0.0291. The maximum absolute atomic E-state index is 11.1. The molecule has 6 heteroatoms. The highest BCUT2D eigenvalue weighted by atomic mass is 16.6. The first-order valence-corrected chi connectivity index (χ1v) is 6.17. The van der Waals surface area contributed by atoms with E-state index in [2.05, 4.69) is 5.32 Å². The Labute approximate surface area is 112 Å². The average Bonchev–Trinajstić information content (AvgIpc) is 2.39. The Kier molecular flexibility index (Phi) is 5.11. The highest BCUT2D eigenvalue weighted by Crippen LogP contribution is 2.32. The number of benzene rings is 1. The summed E-state index contributed by atoms with van der Waals surface area (Å²) in [5.41, 5.74) is 0.0224. The molecule has 0 saturated heterocycles. The molecule has 19 heavy (non-hydrogen) atoms. The molecule has 0 bridgehead atoms. The van der Waals surface area contributed by atoms with E-state index >= 15 is 0 Å². The normalized spacial score (nSPS) is 13.7. The van der Waals surface area contributed by atoms with Crippen molar-refractivity contribution in [2.75, 3.05) is 19.0 Å². The molecule has 0 aliphatic carbocycles. The van der Waals surface area contributed by atoms with Crippen LogP contribution >= 0.6 is 0 Å². The number of aliphatic hydroxyl groups is 1. The highest BCUT2D eigenvalue weighted by Gasteiger charge is 2.25. The third kappa shape index (κ3) is 3.82. The SMILES string of the molecule is CCC(C)(CCO)Nc1ccc(OC)cc1[N+](=O)[O-]. The summed E-state index contributed by atoms with van der Waals surface area (Å²) in [6.07, 6.45) is 1.27. The van der Waals surface area contributed by atoms with Crippen LogP contribution in [-0.4, -0.2) is 29.3 Å². The van der Waals surface area contributed by atoms with Crippen molar-refractivity contribution in [3.05, 3.63) is 28.3 Å². The molecule has 1 unspecified atom stereocenters. The van der Waals surface area contributed by atoms with Gasteiger partial charge in [0.15, 0.2) is 0 Å². The molecular formula is C13H20N2O4. The van der Waals surface area contributed by atoms with Crippen molar-refractivity contribution in [2.45, 2.75) is 32.2 Å². The smallest absolute Gasteiger partial charge is 0.296 e. The molecule has 6 nitrogen and oxygen atoms in total. The van der Waals surface area contributed by atoms with E-state index in [0.717, 1.165) is 6.42 Å². The van der Waals surface area contributed by atoms with Gasteiger partial charge in [-0.15, -0.1) is 0 Å². The van der Waals surface area contributed by atoms with Crippen LogP contribution in [0.25, 0.3) is 0 Å². The van der Waals surface area contributed by atoms with Gasteiger partial charge < -0.3 is 15.2 Å². The van der Waals surface area contributed by atoms with Crippen LogP contribution in [0.2, 0.25) is 0 Å². The van der Waals surface area contributed by atoms with Gasteiger partial charge in [0.2, 0.25) is 0 Å². The molecule has 0 aliphatic rings. The number of nitrogens with one attached hydrogen (secondary N) is 1. The van der Waals surface area contributed by atoms with E-state index in [0.29, 0.717) is 17.9 Å². The number of methoxy groups -OCH3 is 1. The highest BCUT2D eigenvalue weighted by molar-refractivity contribution is 5.64. The van der Waals surface area contributed by atoms with Gasteiger partial charge in [0.1, 0.15) is 11.4 Å². The number of hydrogen-bond donors (Lipinski definition) is 2. The molecule has 0 aliphatic heterocycles. The molecule has 1 atom stereocenters. The van der Waals surface area contributed by atoms with Gasteiger partial charge in [0.25, 0.3) is 5.69 Å². The Hall–Kier alpha value is -1.82. The van der Waals surface area contributed by atoms with E-state index in [9.17, 15) is 10.1 Å². The quantitative estimate of drug-likeness (QED) is 0.586. The van der Waals surface area contributed by atoms with E-state index in [-0.39, 0.29) is 17.8 Å². The van der Waals surface area contributed by atoms with E-state index < -0.39 is 4.92 Å². The second kappa shape index (κ2) is 6.38. The number of anilines is 1. The molecule has 0 saturated carbocycles. The van der Waals surface area contributed by atoms with Gasteiger partial charge >= 0.3 is 0 Å². The standard InChI is InChI=1S/C13H20N2O4/c1-4-13(2,7-8-16)14-11-6-5-10(19-3)9-12(11)15(17)18/h5-6,9,14,16H,4,7-8H2,1-3H3. The summed E-state index contributed by atoms with van der Waals surface area (Å²) in [5.74, 6) is 0.442. The minimum atomic E-state index is -0.445. The fourth-order valence-electron chi connectivity index (χ4n) is 1.79. The van der Waals surface area contributed by atoms with Crippen LogP contribution in [0.3, 0.4) is 0 Å². The molecule has 1 rings (SSSR count). The lowest BCUT2D eigenvalue weighted by molar-refractivity contribution is -0.384. The Morgan fingerprint density at radius 1 is 1.53 bits per heavy atom. The van der Waals surface area contributed by atoms with E-state index in [1.807, 2.05) is 13.8 Å². The number of nitrogens with zero attached hydrogens (tertiary/aromatic N) is 1. The van der Waals surface area contributed by atoms with Gasteiger partial charge in [-0.1, -0.05) is 6.92 Å². The molecule has 0 amide bonds. The number of nitro benzene ring substituents is 1. The summed E-state index contributed by atoms with van der Waals surface area (Å²) in [4.78, 5) is 10.6. The zero-order chi connectivity index (χ0) is 14.5. The summed E-state index contributed by atoms with van der Waals surface area (Å²) >= 11 is 0. The van der Waals surface area contributed by atoms with Gasteiger partial charge in [-0.25, -0.2) is 0 Å². The molecule has 2 N–H and O–H groups in total. The van der Waals surface area contributed by atoms with Gasteiger partial charge in [-0.3, -0.25) is 10.1 Å². The van der Waals surface area contributed by atoms with Gasteiger partial charge in [0.05, 0.1) is 18.1 Å². The topological polar surface area (TPSA) is 84.6 Å². The maximum Gasteiger partial charge on any atom is 0.296 e. The average molecular weight is 268 g/mol. The summed E-state index contributed by atoms with van der Waals surface area (Å²) in [5, 5.41) is 23.3. The number of ether oxygens (including phenoxy) is 1. The third-order valence-electron chi connectivity index (χ3n) is 3.28. The van der Waals surface area contributed by atoms with Crippen molar-refractivity contribution in [3.63, 3.8) is 0 Å². The predicted octanol–water partition coefficient (Wildman–Crippen LogP) is 2.57. The van der Waals surface area contributed by atoms with Crippen LogP contribution in [0.5, 0.6) is 5.75 Å². The summed E-state index contributed by atoms with van der Waals surface area (Å²) in [7, 11) is 1.47. The maximum atomic E-state index is 11.1. The number of rotatable bonds is 7. The van der Waals surface area contributed by atoms with E-state index in [4.69, 9.17) is 9.84 Å². The van der Waals surface area contributed by atoms with Crippen LogP contribution < -0.4 is 10.1 Å². The van der Waals surface area contributed by atoms with Crippen molar-refractivity contribution < 1.29 is 14.8 Å². The largest absolute Gasteiger partial charge is 0.496 e. The second-order valence-electron chi connectivity index (χ2n) is 4.65. The Balaban J connectivity index is 3.09. The van der Waals surface area contributed by atoms with Crippen molar-refractivity contribution in [1.82, 2.24) is 0 Å². The predicted molar refractivity (Wildman–Crippen MR) is 73.7 cm³/mol.